The Labute approximate surface area is 339 Å². The quantitative estimate of drug-likeness (QED) is 0.0245. The lowest BCUT2D eigenvalue weighted by molar-refractivity contribution is -0.160. The molecule has 56 heavy (non-hydrogen) atoms. The van der Waals surface area contributed by atoms with Crippen molar-refractivity contribution in [3.8, 4) is 0 Å². The average Bonchev–Trinajstić information content (AvgIpc) is 3.71. The van der Waals surface area contributed by atoms with Crippen molar-refractivity contribution in [2.24, 2.45) is 0 Å². The lowest BCUT2D eigenvalue weighted by atomic mass is 10.1. The number of nitrogens with zero attached hydrogens (tertiary/aromatic N) is 1. The number of rotatable bonds is 33. The fourth-order valence-corrected chi connectivity index (χ4v) is 6.51. The van der Waals surface area contributed by atoms with Crippen LogP contribution in [0.5, 0.6) is 0 Å². The Morgan fingerprint density at radius 2 is 1.32 bits per heavy atom. The first-order chi connectivity index (χ1) is 27.3. The number of nitrogens with one attached hydrogen (secondary N) is 1. The molecule has 1 radical (unpaired) electrons. The molecule has 0 aliphatic carbocycles. The second-order valence-corrected chi connectivity index (χ2v) is 14.8. The topological polar surface area (TPSA) is 113 Å². The van der Waals surface area contributed by atoms with E-state index in [9.17, 15) is 14.4 Å². The smallest absolute Gasteiger partial charge is 0.407 e. The third kappa shape index (κ3) is 25.9. The van der Waals surface area contributed by atoms with Crippen LogP contribution in [-0.4, -0.2) is 74.7 Å². The van der Waals surface area contributed by atoms with Crippen molar-refractivity contribution in [3.05, 3.63) is 66.1 Å². The second-order valence-electron chi connectivity index (χ2n) is 14.8. The van der Waals surface area contributed by atoms with Gasteiger partial charge in [0.05, 0.1) is 6.42 Å². The van der Waals surface area contributed by atoms with E-state index in [0.717, 1.165) is 113 Å². The first-order valence-corrected chi connectivity index (χ1v) is 21.8. The van der Waals surface area contributed by atoms with Gasteiger partial charge in [-0.05, 0) is 126 Å². The minimum absolute atomic E-state index is 0.0717. The van der Waals surface area contributed by atoms with Gasteiger partial charge in [-0.25, -0.2) is 4.79 Å². The number of unbranched alkanes of at least 4 members (excludes halogenated alkanes) is 7. The Bertz CT molecular complexity index is 1220. The number of alkyl carbamates (subject to hydrolysis) is 1. The Morgan fingerprint density at radius 1 is 0.732 bits per heavy atom. The largest absolute Gasteiger partial charge is 0.461 e. The van der Waals surface area contributed by atoms with Crippen LogP contribution >= 0.6 is 0 Å². The Kier molecular flexibility index (Phi) is 28.7. The van der Waals surface area contributed by atoms with E-state index in [0.29, 0.717) is 39.0 Å². The maximum absolute atomic E-state index is 12.8. The van der Waals surface area contributed by atoms with Gasteiger partial charge in [0.2, 0.25) is 0 Å². The van der Waals surface area contributed by atoms with Crippen molar-refractivity contribution >= 4 is 18.0 Å². The summed E-state index contributed by atoms with van der Waals surface area (Å²) in [5.41, 5.74) is 2.27. The Balaban J connectivity index is 1.79. The number of esters is 2. The van der Waals surface area contributed by atoms with Crippen LogP contribution in [0.4, 0.5) is 4.79 Å². The third-order valence-corrected chi connectivity index (χ3v) is 9.66. The lowest BCUT2D eigenvalue weighted by Gasteiger charge is -2.19. The van der Waals surface area contributed by atoms with Crippen LogP contribution in [-0.2, 0) is 46.5 Å². The van der Waals surface area contributed by atoms with Gasteiger partial charge in [-0.1, -0.05) is 76.5 Å². The van der Waals surface area contributed by atoms with Crippen molar-refractivity contribution in [2.45, 2.75) is 168 Å². The molecule has 1 amide bonds. The normalized spacial score (nSPS) is 13.9. The fourth-order valence-electron chi connectivity index (χ4n) is 6.51. The van der Waals surface area contributed by atoms with Gasteiger partial charge in [0.1, 0.15) is 19.3 Å². The number of hydrogen-bond donors (Lipinski definition) is 1. The van der Waals surface area contributed by atoms with Gasteiger partial charge in [0, 0.05) is 39.1 Å². The number of benzene rings is 1. The van der Waals surface area contributed by atoms with Crippen LogP contribution in [0.25, 0.3) is 0 Å². The number of amides is 1. The van der Waals surface area contributed by atoms with E-state index in [1.54, 1.807) is 0 Å². The second kappa shape index (κ2) is 32.8. The van der Waals surface area contributed by atoms with Gasteiger partial charge >= 0.3 is 18.0 Å². The molecule has 1 aliphatic rings. The average molecular weight is 784 g/mol. The highest BCUT2D eigenvalue weighted by molar-refractivity contribution is 5.70. The minimum Gasteiger partial charge on any atom is -0.461 e. The summed E-state index contributed by atoms with van der Waals surface area (Å²) in [5.74, 6) is -0.685. The van der Waals surface area contributed by atoms with E-state index in [2.05, 4.69) is 62.2 Å². The molecule has 1 saturated heterocycles. The summed E-state index contributed by atoms with van der Waals surface area (Å²) in [4.78, 5) is 40.5. The highest BCUT2D eigenvalue weighted by Gasteiger charge is 2.18. The van der Waals surface area contributed by atoms with E-state index in [-0.39, 0.29) is 44.1 Å². The van der Waals surface area contributed by atoms with Crippen molar-refractivity contribution in [2.75, 3.05) is 39.4 Å². The zero-order valence-corrected chi connectivity index (χ0v) is 35.2. The van der Waals surface area contributed by atoms with Crippen molar-refractivity contribution < 1.29 is 38.1 Å². The molecule has 10 nitrogen and oxygen atoms in total. The fraction of sp³-hybridized carbons (Fsp3) is 0.696. The predicted molar refractivity (Wildman–Crippen MR) is 224 cm³/mol. The molecule has 1 aromatic carbocycles. The summed E-state index contributed by atoms with van der Waals surface area (Å²) in [6, 6.07) is 5.57. The number of allylic oxidation sites excluding steroid dienone is 4. The molecule has 2 rings (SSSR count). The lowest BCUT2D eigenvalue weighted by Crippen LogP contribution is -2.35. The molecule has 1 atom stereocenters. The summed E-state index contributed by atoms with van der Waals surface area (Å²) in [6.07, 6.45) is 24.3. The van der Waals surface area contributed by atoms with Gasteiger partial charge < -0.3 is 33.9 Å². The van der Waals surface area contributed by atoms with Crippen LogP contribution in [0.3, 0.4) is 0 Å². The van der Waals surface area contributed by atoms with Crippen LogP contribution < -0.4 is 5.32 Å². The van der Waals surface area contributed by atoms with Crippen LogP contribution in [0.15, 0.2) is 42.5 Å². The van der Waals surface area contributed by atoms with Crippen molar-refractivity contribution in [3.63, 3.8) is 0 Å². The molecule has 0 aromatic heterocycles. The molecule has 10 heteroatoms. The van der Waals surface area contributed by atoms with Gasteiger partial charge in [0.15, 0.2) is 6.29 Å². The van der Waals surface area contributed by atoms with Gasteiger partial charge in [0.25, 0.3) is 0 Å². The number of carbonyl (C=O) groups is 3. The van der Waals surface area contributed by atoms with Crippen LogP contribution in [0.2, 0.25) is 0 Å². The summed E-state index contributed by atoms with van der Waals surface area (Å²) < 4.78 is 29.1. The summed E-state index contributed by atoms with van der Waals surface area (Å²) >= 11 is 0. The minimum atomic E-state index is -0.450. The Hall–Kier alpha value is -3.21. The van der Waals surface area contributed by atoms with Crippen molar-refractivity contribution in [1.29, 1.82) is 0 Å². The zero-order valence-electron chi connectivity index (χ0n) is 35.2. The maximum atomic E-state index is 12.8. The van der Waals surface area contributed by atoms with Gasteiger partial charge in [-0.15, -0.1) is 0 Å². The molecule has 1 aromatic rings. The highest BCUT2D eigenvalue weighted by atomic mass is 16.7. The Morgan fingerprint density at radius 3 is 1.89 bits per heavy atom. The first-order valence-electron chi connectivity index (χ1n) is 21.8. The highest BCUT2D eigenvalue weighted by Crippen LogP contribution is 2.17. The van der Waals surface area contributed by atoms with E-state index in [1.807, 2.05) is 18.2 Å². The maximum Gasteiger partial charge on any atom is 0.407 e. The summed E-state index contributed by atoms with van der Waals surface area (Å²) in [6.45, 7) is 15.4. The number of ether oxygens (including phenoxy) is 5. The molecule has 1 N–H and O–H groups in total. The van der Waals surface area contributed by atoms with Crippen LogP contribution in [0.1, 0.15) is 159 Å². The SMILES string of the molecule is [CH2]c1cc(COC(=O)CCC(CCCCCC)OC(=O)NCCN2CCCC2)cc(COC(=O)CCC(OCCCC/C=C\CC)OCCCC/C=C\CC)c1. The molecule has 1 unspecified atom stereocenters. The molecule has 0 spiro atoms. The van der Waals surface area contributed by atoms with E-state index in [1.165, 1.54) is 12.8 Å². The first kappa shape index (κ1) is 48.9. The summed E-state index contributed by atoms with van der Waals surface area (Å²) in [7, 11) is 0. The molecule has 1 heterocycles. The van der Waals surface area contributed by atoms with Gasteiger partial charge in [-0.2, -0.15) is 0 Å². The molecule has 0 saturated carbocycles. The zero-order chi connectivity index (χ0) is 40.5. The van der Waals surface area contributed by atoms with E-state index in [4.69, 9.17) is 23.7 Å². The number of carbonyl (C=O) groups excluding carboxylic acids is 3. The van der Waals surface area contributed by atoms with Crippen molar-refractivity contribution in [1.82, 2.24) is 10.2 Å². The molecular formula is C46H75N2O8. The molecule has 1 aliphatic heterocycles. The molecular weight excluding hydrogens is 709 g/mol. The molecule has 1 fully saturated rings. The van der Waals surface area contributed by atoms with E-state index >= 15 is 0 Å². The summed E-state index contributed by atoms with van der Waals surface area (Å²) in [5, 5.41) is 2.88. The van der Waals surface area contributed by atoms with E-state index < -0.39 is 12.4 Å². The number of likely N-dealkylation sites (tertiary alicyclic amines) is 1. The monoisotopic (exact) mass is 784 g/mol. The van der Waals surface area contributed by atoms with Crippen LogP contribution in [0, 0.1) is 6.92 Å². The molecule has 0 bridgehead atoms. The molecule has 317 valence electrons. The third-order valence-electron chi connectivity index (χ3n) is 9.66. The predicted octanol–water partition coefficient (Wildman–Crippen LogP) is 10.3. The number of hydrogen-bond acceptors (Lipinski definition) is 9. The van der Waals surface area contributed by atoms with Gasteiger partial charge in [-0.3, -0.25) is 9.59 Å². The standard InChI is InChI=1S/C46H75N2O8/c1-5-8-11-14-16-21-32-52-45(53-33-22-17-15-12-9-6-2)27-26-44(50)55-38-41-35-39(4)34-40(36-41)37-54-43(49)25-24-42(23-18-13-10-7-3)56-46(51)47-28-31-48-29-19-20-30-48/h8-9,11-12,34-36,42,45H,4-7,10,13-33,37-38H2,1-3H3,(H,47,51)/b11-8-,12-9-.